The van der Waals surface area contributed by atoms with E-state index >= 15 is 0 Å². The molecule has 0 saturated carbocycles. The lowest BCUT2D eigenvalue weighted by Gasteiger charge is -2.24. The Balaban J connectivity index is 2.63. The molecule has 1 aromatic heterocycles. The molecule has 5 nitrogen and oxygen atoms in total. The van der Waals surface area contributed by atoms with Crippen molar-refractivity contribution in [3.8, 4) is 0 Å². The van der Waals surface area contributed by atoms with Gasteiger partial charge in [-0.05, 0) is 37.8 Å². The van der Waals surface area contributed by atoms with E-state index in [0.717, 1.165) is 18.9 Å². The van der Waals surface area contributed by atoms with Gasteiger partial charge >= 0.3 is 0 Å². The highest BCUT2D eigenvalue weighted by Crippen LogP contribution is 2.18. The maximum Gasteiger partial charge on any atom is 0.252 e. The van der Waals surface area contributed by atoms with Gasteiger partial charge in [0.05, 0.1) is 5.56 Å². The number of amides is 1. The molecule has 0 aliphatic heterocycles. The average Bonchev–Trinajstić information content (AvgIpc) is 2.47. The number of nitrogens with one attached hydrogen (secondary N) is 1. The summed E-state index contributed by atoms with van der Waals surface area (Å²) >= 11 is 0. The molecule has 1 aromatic rings. The lowest BCUT2D eigenvalue weighted by atomic mass is 9.90. The molecule has 0 bridgehead atoms. The van der Waals surface area contributed by atoms with Crippen molar-refractivity contribution in [3.05, 3.63) is 23.9 Å². The number of hydrogen-bond donors (Lipinski definition) is 2. The van der Waals surface area contributed by atoms with E-state index in [9.17, 15) is 4.79 Å². The molecule has 0 unspecified atom stereocenters. The Morgan fingerprint density at radius 3 is 2.48 bits per heavy atom. The molecule has 118 valence electrons. The van der Waals surface area contributed by atoms with E-state index in [1.807, 2.05) is 19.9 Å². The van der Waals surface area contributed by atoms with E-state index in [-0.39, 0.29) is 17.9 Å². The van der Waals surface area contributed by atoms with Crippen LogP contribution in [0.25, 0.3) is 0 Å². The summed E-state index contributed by atoms with van der Waals surface area (Å²) in [6.07, 6.45) is 2.27. The van der Waals surface area contributed by atoms with Gasteiger partial charge in [-0.2, -0.15) is 0 Å². The number of anilines is 1. The number of hydrogen-bond acceptors (Lipinski definition) is 4. The number of aliphatic hydroxyl groups excluding tert-OH is 1. The van der Waals surface area contributed by atoms with E-state index in [2.05, 4.69) is 29.0 Å². The minimum atomic E-state index is -0.125. The lowest BCUT2D eigenvalue weighted by molar-refractivity contribution is 0.0928. The van der Waals surface area contributed by atoms with Gasteiger partial charge in [0.15, 0.2) is 0 Å². The Morgan fingerprint density at radius 1 is 1.33 bits per heavy atom. The number of carbonyl (C=O) groups excluding carboxylic acids is 1. The van der Waals surface area contributed by atoms with Crippen molar-refractivity contribution in [1.29, 1.82) is 0 Å². The number of aliphatic hydroxyl groups is 1. The van der Waals surface area contributed by atoms with Crippen molar-refractivity contribution in [1.82, 2.24) is 10.3 Å². The van der Waals surface area contributed by atoms with Crippen molar-refractivity contribution < 1.29 is 9.90 Å². The molecule has 21 heavy (non-hydrogen) atoms. The van der Waals surface area contributed by atoms with E-state index in [4.69, 9.17) is 5.11 Å². The molecular weight excluding hydrogens is 266 g/mol. The maximum absolute atomic E-state index is 12.1. The molecule has 0 fully saturated rings. The average molecular weight is 293 g/mol. The van der Waals surface area contributed by atoms with Crippen molar-refractivity contribution >= 4 is 11.7 Å². The summed E-state index contributed by atoms with van der Waals surface area (Å²) in [7, 11) is 0. The highest BCUT2D eigenvalue weighted by Gasteiger charge is 2.18. The summed E-state index contributed by atoms with van der Waals surface area (Å²) in [6.45, 7) is 10.6. The van der Waals surface area contributed by atoms with Crippen LogP contribution in [0, 0.1) is 5.41 Å². The summed E-state index contributed by atoms with van der Waals surface area (Å²) in [4.78, 5) is 18.6. The largest absolute Gasteiger partial charge is 0.396 e. The third-order valence-electron chi connectivity index (χ3n) is 3.61. The van der Waals surface area contributed by atoms with Gasteiger partial charge in [0.25, 0.3) is 5.91 Å². The number of nitrogens with zero attached hydrogens (tertiary/aromatic N) is 2. The quantitative estimate of drug-likeness (QED) is 0.770. The fraction of sp³-hybridized carbons (Fsp3) is 0.625. The minimum Gasteiger partial charge on any atom is -0.396 e. The van der Waals surface area contributed by atoms with Gasteiger partial charge in [-0.15, -0.1) is 0 Å². The fourth-order valence-electron chi connectivity index (χ4n) is 2.07. The van der Waals surface area contributed by atoms with Gasteiger partial charge in [-0.1, -0.05) is 13.8 Å². The van der Waals surface area contributed by atoms with Crippen LogP contribution in [0.5, 0.6) is 0 Å². The van der Waals surface area contributed by atoms with Crippen LogP contribution in [0.15, 0.2) is 18.3 Å². The summed E-state index contributed by atoms with van der Waals surface area (Å²) in [5.74, 6) is 0.761. The highest BCUT2D eigenvalue weighted by atomic mass is 16.3. The van der Waals surface area contributed by atoms with Crippen LogP contribution in [0.4, 0.5) is 5.82 Å². The third-order valence-corrected chi connectivity index (χ3v) is 3.61. The number of rotatable bonds is 8. The number of aromatic nitrogens is 1. The molecule has 1 amide bonds. The first-order chi connectivity index (χ1) is 9.93. The van der Waals surface area contributed by atoms with Gasteiger partial charge < -0.3 is 15.3 Å². The zero-order chi connectivity index (χ0) is 15.9. The predicted molar refractivity (Wildman–Crippen MR) is 85.6 cm³/mol. The first kappa shape index (κ1) is 17.4. The fourth-order valence-corrected chi connectivity index (χ4v) is 2.07. The van der Waals surface area contributed by atoms with Crippen LogP contribution in [-0.4, -0.2) is 42.2 Å². The van der Waals surface area contributed by atoms with Crippen LogP contribution in [0.3, 0.4) is 0 Å². The van der Waals surface area contributed by atoms with Crippen LogP contribution < -0.4 is 10.2 Å². The number of pyridine rings is 1. The standard InChI is InChI=1S/C16H27N3O2/c1-5-19(6-2)14-8-7-13(11-17-14)15(21)18-12-16(3,4)9-10-20/h7-8,11,20H,5-6,9-10,12H2,1-4H3,(H,18,21). The second-order valence-electron chi connectivity index (χ2n) is 5.90. The second-order valence-corrected chi connectivity index (χ2v) is 5.90. The van der Waals surface area contributed by atoms with Gasteiger partial charge in [-0.25, -0.2) is 4.98 Å². The van der Waals surface area contributed by atoms with E-state index in [1.54, 1.807) is 12.3 Å². The molecular formula is C16H27N3O2. The maximum atomic E-state index is 12.1. The Kier molecular flexibility index (Phi) is 6.62. The van der Waals surface area contributed by atoms with Crippen LogP contribution in [-0.2, 0) is 0 Å². The SMILES string of the molecule is CCN(CC)c1ccc(C(=O)NCC(C)(C)CCO)cn1. The smallest absolute Gasteiger partial charge is 0.252 e. The molecule has 2 N–H and O–H groups in total. The minimum absolute atomic E-state index is 0.112. The van der Waals surface area contributed by atoms with Gasteiger partial charge in [0.2, 0.25) is 0 Å². The zero-order valence-corrected chi connectivity index (χ0v) is 13.5. The summed E-state index contributed by atoms with van der Waals surface area (Å²) < 4.78 is 0. The van der Waals surface area contributed by atoms with Gasteiger partial charge in [-0.3, -0.25) is 4.79 Å². The molecule has 0 radical (unpaired) electrons. The van der Waals surface area contributed by atoms with Gasteiger partial charge in [0.1, 0.15) is 5.82 Å². The normalized spacial score (nSPS) is 11.3. The van der Waals surface area contributed by atoms with Crippen molar-refractivity contribution in [2.24, 2.45) is 5.41 Å². The lowest BCUT2D eigenvalue weighted by Crippen LogP contribution is -2.34. The summed E-state index contributed by atoms with van der Waals surface area (Å²) in [5.41, 5.74) is 0.449. The molecule has 1 heterocycles. The van der Waals surface area contributed by atoms with Crippen LogP contribution in [0.1, 0.15) is 44.5 Å². The Labute approximate surface area is 127 Å². The highest BCUT2D eigenvalue weighted by molar-refractivity contribution is 5.94. The van der Waals surface area contributed by atoms with Crippen LogP contribution in [0.2, 0.25) is 0 Å². The number of carbonyl (C=O) groups is 1. The molecule has 5 heteroatoms. The Hall–Kier alpha value is -1.62. The topological polar surface area (TPSA) is 65.5 Å². The predicted octanol–water partition coefficient (Wildman–Crippen LogP) is 2.07. The molecule has 0 spiro atoms. The second kappa shape index (κ2) is 7.98. The molecule has 0 saturated heterocycles. The van der Waals surface area contributed by atoms with Crippen molar-refractivity contribution in [3.63, 3.8) is 0 Å². The summed E-state index contributed by atoms with van der Waals surface area (Å²) in [5, 5.41) is 11.9. The van der Waals surface area contributed by atoms with Crippen molar-refractivity contribution in [2.45, 2.75) is 34.1 Å². The summed E-state index contributed by atoms with van der Waals surface area (Å²) in [6, 6.07) is 3.68. The Morgan fingerprint density at radius 2 is 2.00 bits per heavy atom. The van der Waals surface area contributed by atoms with Gasteiger partial charge in [0, 0.05) is 32.4 Å². The molecule has 0 aliphatic rings. The van der Waals surface area contributed by atoms with E-state index in [0.29, 0.717) is 18.5 Å². The molecule has 0 aromatic carbocycles. The zero-order valence-electron chi connectivity index (χ0n) is 13.5. The molecule has 0 aliphatic carbocycles. The first-order valence-corrected chi connectivity index (χ1v) is 7.53. The molecule has 1 rings (SSSR count). The van der Waals surface area contributed by atoms with Crippen LogP contribution >= 0.6 is 0 Å². The molecule has 0 atom stereocenters. The first-order valence-electron chi connectivity index (χ1n) is 7.53. The monoisotopic (exact) mass is 293 g/mol. The van der Waals surface area contributed by atoms with E-state index < -0.39 is 0 Å². The van der Waals surface area contributed by atoms with E-state index in [1.165, 1.54) is 0 Å². The Bertz CT molecular complexity index is 439. The third kappa shape index (κ3) is 5.34. The van der Waals surface area contributed by atoms with Crippen molar-refractivity contribution in [2.75, 3.05) is 31.1 Å².